The summed E-state index contributed by atoms with van der Waals surface area (Å²) in [5, 5.41) is 2.85. The molecule has 3 rings (SSSR count). The Bertz CT molecular complexity index is 911. The smallest absolute Gasteiger partial charge is 0.285 e. The predicted molar refractivity (Wildman–Crippen MR) is 114 cm³/mol. The summed E-state index contributed by atoms with van der Waals surface area (Å²) in [5.74, 6) is -0.189. The van der Waals surface area contributed by atoms with Crippen LogP contribution in [0.25, 0.3) is 6.08 Å². The Kier molecular flexibility index (Phi) is 6.34. The van der Waals surface area contributed by atoms with Gasteiger partial charge in [-0.3, -0.25) is 9.59 Å². The zero-order chi connectivity index (χ0) is 18.5. The number of hydrogen-bond acceptors (Lipinski definition) is 4. The van der Waals surface area contributed by atoms with Crippen molar-refractivity contribution in [1.29, 1.82) is 0 Å². The van der Waals surface area contributed by atoms with E-state index in [-0.39, 0.29) is 17.6 Å². The van der Waals surface area contributed by atoms with Gasteiger partial charge in [-0.15, -0.1) is 0 Å². The number of halogens is 1. The van der Waals surface area contributed by atoms with Crippen LogP contribution in [0.2, 0.25) is 0 Å². The van der Waals surface area contributed by atoms with Gasteiger partial charge in [0.05, 0.1) is 10.7 Å². The molecule has 1 heterocycles. The molecule has 1 N–H and O–H groups in total. The Balaban J connectivity index is 1.54. The largest absolute Gasteiger partial charge is 0.325 e. The van der Waals surface area contributed by atoms with E-state index in [4.69, 9.17) is 0 Å². The van der Waals surface area contributed by atoms with Crippen LogP contribution in [-0.2, 0) is 9.59 Å². The average Bonchev–Trinajstić information content (AvgIpc) is 2.97. The van der Waals surface area contributed by atoms with E-state index in [0.717, 1.165) is 21.3 Å². The third kappa shape index (κ3) is 5.09. The summed E-state index contributed by atoms with van der Waals surface area (Å²) in [6, 6.07) is 15.3. The molecule has 0 saturated carbocycles. The molecule has 0 unspecified atom stereocenters. The summed E-state index contributed by atoms with van der Waals surface area (Å²) >= 11 is 6.00. The zero-order valence-electron chi connectivity index (χ0n) is 13.9. The van der Waals surface area contributed by atoms with Crippen LogP contribution in [0.3, 0.4) is 0 Å². The normalized spacial score (nSPS) is 15.2. The quantitative estimate of drug-likeness (QED) is 0.663. The van der Waals surface area contributed by atoms with E-state index in [1.165, 1.54) is 23.5 Å². The number of aliphatic imine (C=N–C) groups is 1. The van der Waals surface area contributed by atoms with Gasteiger partial charge in [0, 0.05) is 10.2 Å². The Morgan fingerprint density at radius 3 is 2.77 bits per heavy atom. The molecule has 0 bridgehead atoms. The maximum absolute atomic E-state index is 12.1. The molecule has 2 aromatic carbocycles. The van der Waals surface area contributed by atoms with E-state index < -0.39 is 0 Å². The summed E-state index contributed by atoms with van der Waals surface area (Å²) in [7, 11) is 0. The fourth-order valence-corrected chi connectivity index (χ4v) is 4.25. The minimum atomic E-state index is -0.259. The van der Waals surface area contributed by atoms with Gasteiger partial charge in [0.25, 0.3) is 5.91 Å². The number of carbonyl (C=O) groups excluding carboxylic acids is 2. The molecule has 0 fully saturated rings. The number of aryl methyl sites for hydroxylation is 1. The second-order valence-electron chi connectivity index (χ2n) is 5.51. The maximum Gasteiger partial charge on any atom is 0.285 e. The van der Waals surface area contributed by atoms with Crippen molar-refractivity contribution < 1.29 is 9.59 Å². The van der Waals surface area contributed by atoms with Crippen LogP contribution in [0.15, 0.2) is 62.9 Å². The Morgan fingerprint density at radius 1 is 1.27 bits per heavy atom. The highest BCUT2D eigenvalue weighted by Crippen LogP contribution is 2.33. The molecular weight excluding hydrogens is 432 g/mol. The van der Waals surface area contributed by atoms with Crippen LogP contribution < -0.4 is 5.32 Å². The minimum absolute atomic E-state index is 0.132. The van der Waals surface area contributed by atoms with Gasteiger partial charge < -0.3 is 5.32 Å². The van der Waals surface area contributed by atoms with Gasteiger partial charge in [-0.1, -0.05) is 69.8 Å². The number of nitrogens with zero attached hydrogens (tertiary/aromatic N) is 1. The van der Waals surface area contributed by atoms with E-state index in [1.54, 1.807) is 0 Å². The first-order valence-electron chi connectivity index (χ1n) is 7.78. The second kappa shape index (κ2) is 8.70. The fraction of sp³-hybridized carbons (Fsp3) is 0.105. The van der Waals surface area contributed by atoms with Crippen molar-refractivity contribution in [2.45, 2.75) is 6.92 Å². The highest BCUT2D eigenvalue weighted by atomic mass is 79.9. The topological polar surface area (TPSA) is 58.5 Å². The molecule has 4 nitrogen and oxygen atoms in total. The van der Waals surface area contributed by atoms with E-state index in [9.17, 15) is 9.59 Å². The maximum atomic E-state index is 12.1. The number of anilines is 1. The number of benzene rings is 2. The number of amides is 2. The molecule has 7 heteroatoms. The van der Waals surface area contributed by atoms with Crippen molar-refractivity contribution in [2.24, 2.45) is 4.99 Å². The molecule has 2 aromatic rings. The van der Waals surface area contributed by atoms with Crippen LogP contribution in [0.1, 0.15) is 11.1 Å². The van der Waals surface area contributed by atoms with Crippen molar-refractivity contribution in [2.75, 3.05) is 11.1 Å². The molecule has 0 atom stereocenters. The molecule has 0 aliphatic carbocycles. The van der Waals surface area contributed by atoms with Gasteiger partial charge in [0.2, 0.25) is 5.91 Å². The third-order valence-electron chi connectivity index (χ3n) is 3.47. The average molecular weight is 447 g/mol. The van der Waals surface area contributed by atoms with Gasteiger partial charge in [-0.25, -0.2) is 0 Å². The van der Waals surface area contributed by atoms with Crippen LogP contribution in [0.4, 0.5) is 5.69 Å². The Labute approximate surface area is 168 Å². The second-order valence-corrected chi connectivity index (χ2v) is 8.61. The van der Waals surface area contributed by atoms with Crippen LogP contribution in [-0.4, -0.2) is 21.9 Å². The number of rotatable bonds is 4. The lowest BCUT2D eigenvalue weighted by Crippen LogP contribution is -2.14. The van der Waals surface area contributed by atoms with Gasteiger partial charge in [-0.2, -0.15) is 4.99 Å². The monoisotopic (exact) mass is 446 g/mol. The van der Waals surface area contributed by atoms with Crippen molar-refractivity contribution in [3.63, 3.8) is 0 Å². The summed E-state index contributed by atoms with van der Waals surface area (Å²) < 4.78 is 1.59. The highest BCUT2D eigenvalue weighted by molar-refractivity contribution is 9.10. The molecule has 1 aliphatic heterocycles. The van der Waals surface area contributed by atoms with Crippen molar-refractivity contribution in [1.82, 2.24) is 0 Å². The summed E-state index contributed by atoms with van der Waals surface area (Å²) in [4.78, 5) is 28.7. The van der Waals surface area contributed by atoms with Crippen molar-refractivity contribution in [3.8, 4) is 0 Å². The molecule has 0 saturated heterocycles. The SMILES string of the molecule is Cc1cc(NC(=O)CSC2=NC(=O)/C(=C\c3ccccc3)S2)ccc1Br. The van der Waals surface area contributed by atoms with Crippen LogP contribution in [0.5, 0.6) is 0 Å². The first-order valence-corrected chi connectivity index (χ1v) is 10.4. The summed E-state index contributed by atoms with van der Waals surface area (Å²) in [6.07, 6.45) is 1.81. The first-order chi connectivity index (χ1) is 12.5. The van der Waals surface area contributed by atoms with Gasteiger partial charge in [0.1, 0.15) is 4.38 Å². The molecule has 0 aromatic heterocycles. The molecule has 0 radical (unpaired) electrons. The van der Waals surface area contributed by atoms with E-state index in [0.29, 0.717) is 9.28 Å². The lowest BCUT2D eigenvalue weighted by Gasteiger charge is -2.06. The highest BCUT2D eigenvalue weighted by Gasteiger charge is 2.22. The zero-order valence-corrected chi connectivity index (χ0v) is 17.1. The van der Waals surface area contributed by atoms with E-state index >= 15 is 0 Å². The van der Waals surface area contributed by atoms with E-state index in [1.807, 2.05) is 61.5 Å². The number of hydrogen-bond donors (Lipinski definition) is 1. The van der Waals surface area contributed by atoms with Crippen LogP contribution >= 0.6 is 39.5 Å². The molecule has 2 amide bonds. The van der Waals surface area contributed by atoms with Gasteiger partial charge in [-0.05, 0) is 42.3 Å². The number of thioether (sulfide) groups is 2. The predicted octanol–water partition coefficient (Wildman–Crippen LogP) is 5.10. The Morgan fingerprint density at radius 2 is 2.04 bits per heavy atom. The molecule has 0 spiro atoms. The molecular formula is C19H15BrN2O2S2. The fourth-order valence-electron chi connectivity index (χ4n) is 2.20. The minimum Gasteiger partial charge on any atom is -0.325 e. The Hall–Kier alpha value is -1.83. The standard InChI is InChI=1S/C19H15BrN2O2S2/c1-12-9-14(7-8-15(12)20)21-17(23)11-25-19-22-18(24)16(26-19)10-13-5-3-2-4-6-13/h2-10H,11H2,1H3,(H,21,23)/b16-10+. The lowest BCUT2D eigenvalue weighted by molar-refractivity contribution is -0.114. The molecule has 132 valence electrons. The van der Waals surface area contributed by atoms with Crippen molar-refractivity contribution in [3.05, 3.63) is 69.0 Å². The first kappa shape index (κ1) is 18.9. The molecule has 26 heavy (non-hydrogen) atoms. The third-order valence-corrected chi connectivity index (χ3v) is 6.48. The van der Waals surface area contributed by atoms with Crippen molar-refractivity contribution >= 4 is 67.4 Å². The lowest BCUT2D eigenvalue weighted by atomic mass is 10.2. The number of carbonyl (C=O) groups is 2. The number of nitrogens with one attached hydrogen (secondary N) is 1. The van der Waals surface area contributed by atoms with Gasteiger partial charge >= 0.3 is 0 Å². The van der Waals surface area contributed by atoms with E-state index in [2.05, 4.69) is 26.2 Å². The van der Waals surface area contributed by atoms with Gasteiger partial charge in [0.15, 0.2) is 0 Å². The molecule has 1 aliphatic rings. The summed E-state index contributed by atoms with van der Waals surface area (Å²) in [6.45, 7) is 1.96. The van der Waals surface area contributed by atoms with Crippen LogP contribution in [0, 0.1) is 6.92 Å². The summed E-state index contributed by atoms with van der Waals surface area (Å²) in [5.41, 5.74) is 2.75.